The van der Waals surface area contributed by atoms with Crippen molar-refractivity contribution in [3.63, 3.8) is 0 Å². The Labute approximate surface area is 144 Å². The van der Waals surface area contributed by atoms with E-state index in [0.29, 0.717) is 12.8 Å². The van der Waals surface area contributed by atoms with E-state index in [2.05, 4.69) is 20.6 Å². The minimum absolute atomic E-state index is 0.0563. The van der Waals surface area contributed by atoms with E-state index in [4.69, 9.17) is 0 Å². The van der Waals surface area contributed by atoms with Gasteiger partial charge in [0.2, 0.25) is 5.91 Å². The van der Waals surface area contributed by atoms with E-state index >= 15 is 0 Å². The monoisotopic (exact) mass is 340 g/mol. The maximum atomic E-state index is 12.5. The Balaban J connectivity index is 1.48. The van der Waals surface area contributed by atoms with Gasteiger partial charge in [-0.25, -0.2) is 0 Å². The third kappa shape index (κ3) is 3.25. The zero-order valence-electron chi connectivity index (χ0n) is 13.9. The first-order valence-corrected chi connectivity index (χ1v) is 8.34. The van der Waals surface area contributed by atoms with Crippen molar-refractivity contribution in [3.05, 3.63) is 42.2 Å². The molecule has 2 aromatic heterocycles. The molecule has 4 rings (SSSR count). The number of carbonyl (C=O) groups is 1. The second kappa shape index (κ2) is 6.29. The second-order valence-electron chi connectivity index (χ2n) is 6.60. The van der Waals surface area contributed by atoms with Gasteiger partial charge in [0.15, 0.2) is 0 Å². The summed E-state index contributed by atoms with van der Waals surface area (Å²) in [4.78, 5) is 13.9. The van der Waals surface area contributed by atoms with Crippen molar-refractivity contribution in [3.8, 4) is 0 Å². The number of nitrogens with zero attached hydrogens (tertiary/aromatic N) is 5. The molecule has 2 N–H and O–H groups in total. The van der Waals surface area contributed by atoms with E-state index in [-0.39, 0.29) is 30.5 Å². The molecule has 2 heterocycles. The van der Waals surface area contributed by atoms with Crippen LogP contribution in [0.25, 0.3) is 11.0 Å². The zero-order valence-corrected chi connectivity index (χ0v) is 13.9. The zero-order chi connectivity index (χ0) is 17.4. The Morgan fingerprint density at radius 3 is 2.56 bits per heavy atom. The lowest BCUT2D eigenvalue weighted by atomic mass is 9.75. The molecule has 1 aliphatic rings. The summed E-state index contributed by atoms with van der Waals surface area (Å²) in [5.41, 5.74) is 2.48. The van der Waals surface area contributed by atoms with Crippen molar-refractivity contribution in [1.82, 2.24) is 30.1 Å². The average Bonchev–Trinajstić information content (AvgIpc) is 3.15. The van der Waals surface area contributed by atoms with Gasteiger partial charge in [-0.05, 0) is 30.9 Å². The van der Waals surface area contributed by atoms with Gasteiger partial charge in [0, 0.05) is 18.8 Å². The third-order valence-corrected chi connectivity index (χ3v) is 4.63. The highest BCUT2D eigenvalue weighted by Crippen LogP contribution is 2.37. The predicted molar refractivity (Wildman–Crippen MR) is 90.4 cm³/mol. The van der Waals surface area contributed by atoms with Crippen LogP contribution in [0.4, 0.5) is 0 Å². The van der Waals surface area contributed by atoms with E-state index in [9.17, 15) is 9.90 Å². The molecule has 0 unspecified atom stereocenters. The summed E-state index contributed by atoms with van der Waals surface area (Å²) >= 11 is 0. The van der Waals surface area contributed by atoms with E-state index in [0.717, 1.165) is 16.6 Å². The summed E-state index contributed by atoms with van der Waals surface area (Å²) in [6.45, 7) is 0.0563. The summed E-state index contributed by atoms with van der Waals surface area (Å²) < 4.78 is 1.71. The number of carbonyl (C=O) groups excluding carboxylic acids is 1. The number of aliphatic hydroxyl groups excluding tert-OH is 1. The van der Waals surface area contributed by atoms with Crippen molar-refractivity contribution in [1.29, 1.82) is 0 Å². The van der Waals surface area contributed by atoms with E-state index < -0.39 is 0 Å². The minimum atomic E-state index is -0.279. The van der Waals surface area contributed by atoms with Crippen LogP contribution >= 0.6 is 0 Å². The molecular weight excluding hydrogens is 320 g/mol. The van der Waals surface area contributed by atoms with Gasteiger partial charge in [0.25, 0.3) is 0 Å². The molecule has 3 aromatic rings. The van der Waals surface area contributed by atoms with Gasteiger partial charge in [-0.2, -0.15) is 20.1 Å². The molecule has 8 nitrogen and oxygen atoms in total. The summed E-state index contributed by atoms with van der Waals surface area (Å²) in [5, 5.41) is 25.5. The normalized spacial score (nSPS) is 21.0. The average molecular weight is 340 g/mol. The van der Waals surface area contributed by atoms with Crippen molar-refractivity contribution in [2.24, 2.45) is 13.0 Å². The molecule has 0 radical (unpaired) electrons. The highest BCUT2D eigenvalue weighted by Gasteiger charge is 2.36. The number of rotatable bonds is 5. The summed E-state index contributed by atoms with van der Waals surface area (Å²) in [7, 11) is 1.84. The number of amides is 1. The number of hydrogen-bond donors (Lipinski definition) is 2. The summed E-state index contributed by atoms with van der Waals surface area (Å²) in [6.07, 6.45) is 4.75. The number of aryl methyl sites for hydroxylation is 1. The largest absolute Gasteiger partial charge is 0.393 e. The number of aliphatic hydroxyl groups is 1. The molecule has 1 amide bonds. The van der Waals surface area contributed by atoms with Crippen molar-refractivity contribution >= 4 is 16.9 Å². The first-order valence-electron chi connectivity index (χ1n) is 8.34. The van der Waals surface area contributed by atoms with Crippen LogP contribution in [0, 0.1) is 5.92 Å². The molecule has 0 saturated heterocycles. The number of fused-ring (bicyclic) bond motifs is 1. The molecule has 1 fully saturated rings. The standard InChI is InChI=1S/C17H20N6O2/c1-22-9-12(8-18-22)17(11-6-13(24)7-11)19-16(25)10-23-20-14-4-2-3-5-15(14)21-23/h2-5,8-9,11,13,17,24H,6-7,10H2,1H3,(H,19,25)/t11?,13?,17-/m0/s1. The predicted octanol–water partition coefficient (Wildman–Crippen LogP) is 0.793. The van der Waals surface area contributed by atoms with E-state index in [1.54, 1.807) is 10.9 Å². The fraction of sp³-hybridized carbons (Fsp3) is 0.412. The van der Waals surface area contributed by atoms with Crippen LogP contribution in [0.5, 0.6) is 0 Å². The Morgan fingerprint density at radius 1 is 1.32 bits per heavy atom. The Hall–Kier alpha value is -2.74. The van der Waals surface area contributed by atoms with Crippen LogP contribution in [0.1, 0.15) is 24.4 Å². The van der Waals surface area contributed by atoms with Gasteiger partial charge in [0.05, 0.1) is 18.3 Å². The van der Waals surface area contributed by atoms with Crippen molar-refractivity contribution < 1.29 is 9.90 Å². The van der Waals surface area contributed by atoms with Gasteiger partial charge in [-0.15, -0.1) is 0 Å². The highest BCUT2D eigenvalue weighted by molar-refractivity contribution is 5.77. The number of aromatic nitrogens is 5. The van der Waals surface area contributed by atoms with Crippen molar-refractivity contribution in [2.75, 3.05) is 0 Å². The lowest BCUT2D eigenvalue weighted by Crippen LogP contribution is -2.42. The van der Waals surface area contributed by atoms with Gasteiger partial charge >= 0.3 is 0 Å². The minimum Gasteiger partial charge on any atom is -0.393 e. The fourth-order valence-corrected chi connectivity index (χ4v) is 3.30. The summed E-state index contributed by atoms with van der Waals surface area (Å²) in [6, 6.07) is 7.36. The lowest BCUT2D eigenvalue weighted by molar-refractivity contribution is -0.124. The SMILES string of the molecule is Cn1cc([C@@H](NC(=O)Cn2nc3ccccc3n2)C2CC(O)C2)cn1. The highest BCUT2D eigenvalue weighted by atomic mass is 16.3. The molecule has 25 heavy (non-hydrogen) atoms. The maximum absolute atomic E-state index is 12.5. The number of benzene rings is 1. The summed E-state index contributed by atoms with van der Waals surface area (Å²) in [5.74, 6) is 0.0587. The molecule has 0 aliphatic heterocycles. The maximum Gasteiger partial charge on any atom is 0.244 e. The third-order valence-electron chi connectivity index (χ3n) is 4.63. The molecule has 8 heteroatoms. The van der Waals surface area contributed by atoms with Gasteiger partial charge in [-0.3, -0.25) is 9.48 Å². The first kappa shape index (κ1) is 15.8. The second-order valence-corrected chi connectivity index (χ2v) is 6.60. The first-order chi connectivity index (χ1) is 12.1. The molecular formula is C17H20N6O2. The Bertz CT molecular complexity index is 862. The molecule has 0 spiro atoms. The van der Waals surface area contributed by atoms with Crippen molar-refractivity contribution in [2.45, 2.75) is 31.5 Å². The van der Waals surface area contributed by atoms with Crippen LogP contribution in [0.15, 0.2) is 36.7 Å². The van der Waals surface area contributed by atoms with Crippen LogP contribution in [-0.2, 0) is 18.4 Å². The quantitative estimate of drug-likeness (QED) is 0.716. The number of nitrogens with one attached hydrogen (secondary N) is 1. The van der Waals surface area contributed by atoms with Gasteiger partial charge in [-0.1, -0.05) is 12.1 Å². The van der Waals surface area contributed by atoms with Crippen LogP contribution in [0.2, 0.25) is 0 Å². The molecule has 1 saturated carbocycles. The molecule has 130 valence electrons. The van der Waals surface area contributed by atoms with Crippen LogP contribution < -0.4 is 5.32 Å². The van der Waals surface area contributed by atoms with Crippen LogP contribution in [0.3, 0.4) is 0 Å². The molecule has 1 aliphatic carbocycles. The lowest BCUT2D eigenvalue weighted by Gasteiger charge is -2.37. The number of hydrogen-bond acceptors (Lipinski definition) is 5. The van der Waals surface area contributed by atoms with E-state index in [1.807, 2.05) is 37.5 Å². The smallest absolute Gasteiger partial charge is 0.244 e. The Kier molecular flexibility index (Phi) is 3.96. The molecule has 0 bridgehead atoms. The molecule has 1 aromatic carbocycles. The molecule has 1 atom stereocenters. The fourth-order valence-electron chi connectivity index (χ4n) is 3.30. The van der Waals surface area contributed by atoms with E-state index in [1.165, 1.54) is 4.80 Å². The van der Waals surface area contributed by atoms with Gasteiger partial charge in [0.1, 0.15) is 17.6 Å². The topological polar surface area (TPSA) is 97.9 Å². The Morgan fingerprint density at radius 2 is 2.00 bits per heavy atom. The van der Waals surface area contributed by atoms with Gasteiger partial charge < -0.3 is 10.4 Å². The van der Waals surface area contributed by atoms with Crippen LogP contribution in [-0.4, -0.2) is 41.9 Å².